The second-order valence-corrected chi connectivity index (χ2v) is 12.1. The molecule has 1 saturated heterocycles. The van der Waals surface area contributed by atoms with Gasteiger partial charge in [-0.25, -0.2) is 32.3 Å². The average Bonchev–Trinajstić information content (AvgIpc) is 3.17. The highest BCUT2D eigenvalue weighted by Gasteiger charge is 2.45. The summed E-state index contributed by atoms with van der Waals surface area (Å²) in [6, 6.07) is 7.77. The Morgan fingerprint density at radius 2 is 1.84 bits per heavy atom. The van der Waals surface area contributed by atoms with Crippen molar-refractivity contribution in [3.63, 3.8) is 0 Å². The highest BCUT2D eigenvalue weighted by atomic mass is 32.2. The number of hydrogen-bond acceptors (Lipinski definition) is 7. The SMILES string of the molecule is COC(=O)N1[C@H](C)C[C@H](NS(=O)(=O)Cc2ccccc2)[C@@H]1COC1CCC(C)(c2ncc(F)cn2)CC1. The van der Waals surface area contributed by atoms with Crippen LogP contribution in [0.15, 0.2) is 42.7 Å². The molecule has 2 fully saturated rings. The predicted octanol–water partition coefficient (Wildman–Crippen LogP) is 3.55. The van der Waals surface area contributed by atoms with Gasteiger partial charge in [-0.3, -0.25) is 4.90 Å². The summed E-state index contributed by atoms with van der Waals surface area (Å²) in [5, 5.41) is 0. The van der Waals surface area contributed by atoms with Crippen LogP contribution in [0.2, 0.25) is 0 Å². The summed E-state index contributed by atoms with van der Waals surface area (Å²) in [5.74, 6) is 0.0259. The molecule has 37 heavy (non-hydrogen) atoms. The van der Waals surface area contributed by atoms with E-state index in [1.165, 1.54) is 19.5 Å². The maximum absolute atomic E-state index is 13.2. The first-order chi connectivity index (χ1) is 17.6. The minimum absolute atomic E-state index is 0.0505. The van der Waals surface area contributed by atoms with E-state index in [0.29, 0.717) is 17.8 Å². The molecule has 1 aromatic heterocycles. The molecule has 0 spiro atoms. The van der Waals surface area contributed by atoms with E-state index in [-0.39, 0.29) is 29.9 Å². The lowest BCUT2D eigenvalue weighted by molar-refractivity contribution is -0.0160. The predicted molar refractivity (Wildman–Crippen MR) is 136 cm³/mol. The molecule has 2 aromatic rings. The monoisotopic (exact) mass is 534 g/mol. The number of benzene rings is 1. The molecule has 2 aliphatic rings. The maximum atomic E-state index is 13.2. The molecule has 1 aromatic carbocycles. The fourth-order valence-electron chi connectivity index (χ4n) is 5.45. The van der Waals surface area contributed by atoms with Crippen molar-refractivity contribution in [3.05, 3.63) is 59.9 Å². The summed E-state index contributed by atoms with van der Waals surface area (Å²) in [6.07, 6.45) is 5.35. The highest BCUT2D eigenvalue weighted by molar-refractivity contribution is 7.88. The number of hydrogen-bond donors (Lipinski definition) is 1. The summed E-state index contributed by atoms with van der Waals surface area (Å²) >= 11 is 0. The number of aromatic nitrogens is 2. The van der Waals surface area contributed by atoms with E-state index in [0.717, 1.165) is 25.7 Å². The second kappa shape index (κ2) is 11.4. The number of likely N-dealkylation sites (tertiary alicyclic amines) is 1. The number of ether oxygens (including phenoxy) is 2. The molecule has 11 heteroatoms. The van der Waals surface area contributed by atoms with Gasteiger partial charge in [-0.15, -0.1) is 0 Å². The third-order valence-electron chi connectivity index (χ3n) is 7.51. The van der Waals surface area contributed by atoms with Crippen LogP contribution in [0.4, 0.5) is 9.18 Å². The van der Waals surface area contributed by atoms with Gasteiger partial charge in [-0.2, -0.15) is 0 Å². The summed E-state index contributed by atoms with van der Waals surface area (Å²) in [4.78, 5) is 22.5. The molecule has 202 valence electrons. The van der Waals surface area contributed by atoms with Crippen LogP contribution in [0.25, 0.3) is 0 Å². The number of carbonyl (C=O) groups excluding carboxylic acids is 1. The molecule has 1 aliphatic heterocycles. The van der Waals surface area contributed by atoms with Crippen molar-refractivity contribution in [1.29, 1.82) is 0 Å². The molecule has 2 heterocycles. The zero-order valence-corrected chi connectivity index (χ0v) is 22.3. The van der Waals surface area contributed by atoms with Crippen molar-refractivity contribution in [2.75, 3.05) is 13.7 Å². The Morgan fingerprint density at radius 3 is 2.46 bits per heavy atom. The zero-order valence-electron chi connectivity index (χ0n) is 21.5. The van der Waals surface area contributed by atoms with Crippen molar-refractivity contribution in [3.8, 4) is 0 Å². The van der Waals surface area contributed by atoms with Crippen molar-refractivity contribution in [2.24, 2.45) is 0 Å². The summed E-state index contributed by atoms with van der Waals surface area (Å²) in [6.45, 7) is 4.14. The Kier molecular flexibility index (Phi) is 8.45. The van der Waals surface area contributed by atoms with Gasteiger partial charge in [0, 0.05) is 17.5 Å². The molecule has 1 saturated carbocycles. The number of nitrogens with one attached hydrogen (secondary N) is 1. The summed E-state index contributed by atoms with van der Waals surface area (Å²) in [5.41, 5.74) is 0.428. The smallest absolute Gasteiger partial charge is 0.410 e. The molecule has 1 amide bonds. The molecule has 0 radical (unpaired) electrons. The number of halogens is 1. The number of rotatable bonds is 8. The lowest BCUT2D eigenvalue weighted by Gasteiger charge is -2.37. The molecule has 1 N–H and O–H groups in total. The van der Waals surface area contributed by atoms with Gasteiger partial charge in [0.2, 0.25) is 10.0 Å². The van der Waals surface area contributed by atoms with E-state index in [4.69, 9.17) is 9.47 Å². The number of nitrogens with zero attached hydrogens (tertiary/aromatic N) is 3. The average molecular weight is 535 g/mol. The van der Waals surface area contributed by atoms with Gasteiger partial charge < -0.3 is 9.47 Å². The Labute approximate surface area is 217 Å². The molecule has 0 unspecified atom stereocenters. The first kappa shape index (κ1) is 27.4. The lowest BCUT2D eigenvalue weighted by Crippen LogP contribution is -2.50. The van der Waals surface area contributed by atoms with Gasteiger partial charge in [-0.1, -0.05) is 37.3 Å². The largest absolute Gasteiger partial charge is 0.453 e. The Bertz CT molecular complexity index is 1160. The minimum Gasteiger partial charge on any atom is -0.453 e. The Morgan fingerprint density at radius 1 is 1.19 bits per heavy atom. The van der Waals surface area contributed by atoms with E-state index in [1.54, 1.807) is 29.2 Å². The summed E-state index contributed by atoms with van der Waals surface area (Å²) < 4.78 is 53.3. The lowest BCUT2D eigenvalue weighted by atomic mass is 9.74. The van der Waals surface area contributed by atoms with Gasteiger partial charge in [0.1, 0.15) is 5.82 Å². The summed E-state index contributed by atoms with van der Waals surface area (Å²) in [7, 11) is -2.33. The molecular formula is C26H35FN4O5S. The van der Waals surface area contributed by atoms with Crippen LogP contribution in [0.1, 0.15) is 57.3 Å². The van der Waals surface area contributed by atoms with Gasteiger partial charge in [-0.05, 0) is 44.6 Å². The molecular weight excluding hydrogens is 499 g/mol. The van der Waals surface area contributed by atoms with E-state index < -0.39 is 34.0 Å². The van der Waals surface area contributed by atoms with Gasteiger partial charge in [0.25, 0.3) is 0 Å². The molecule has 3 atom stereocenters. The standard InChI is InChI=1S/C26H35FN4O5S/c1-18-13-22(30-37(33,34)17-19-7-5-4-6-8-19)23(31(18)25(32)35-3)16-36-21-9-11-26(2,12-10-21)24-28-14-20(27)15-29-24/h4-8,14-15,18,21-23,30H,9-13,16-17H2,1-3H3/t18-,21?,22+,23+,26?/m1/s1. The third kappa shape index (κ3) is 6.63. The first-order valence-electron chi connectivity index (χ1n) is 12.6. The topological polar surface area (TPSA) is 111 Å². The zero-order chi connectivity index (χ0) is 26.6. The van der Waals surface area contributed by atoms with E-state index in [9.17, 15) is 17.6 Å². The number of sulfonamides is 1. The van der Waals surface area contributed by atoms with Crippen molar-refractivity contribution in [2.45, 2.75) is 81.3 Å². The van der Waals surface area contributed by atoms with Gasteiger partial charge in [0.15, 0.2) is 5.82 Å². The van der Waals surface area contributed by atoms with Crippen LogP contribution in [0, 0.1) is 5.82 Å². The Balaban J connectivity index is 1.40. The minimum atomic E-state index is -3.65. The van der Waals surface area contributed by atoms with E-state index in [1.807, 2.05) is 13.0 Å². The Hall–Kier alpha value is -2.63. The molecule has 9 nitrogen and oxygen atoms in total. The van der Waals surface area contributed by atoms with Gasteiger partial charge in [0.05, 0.1) is 44.0 Å². The fraction of sp³-hybridized carbons (Fsp3) is 0.577. The quantitative estimate of drug-likeness (QED) is 0.551. The van der Waals surface area contributed by atoms with Crippen LogP contribution in [-0.2, 0) is 30.7 Å². The van der Waals surface area contributed by atoms with Crippen LogP contribution < -0.4 is 4.72 Å². The number of methoxy groups -OCH3 is 1. The van der Waals surface area contributed by atoms with E-state index >= 15 is 0 Å². The van der Waals surface area contributed by atoms with Crippen LogP contribution in [0.5, 0.6) is 0 Å². The molecule has 4 rings (SSSR count). The highest BCUT2D eigenvalue weighted by Crippen LogP contribution is 2.38. The maximum Gasteiger partial charge on any atom is 0.410 e. The van der Waals surface area contributed by atoms with Crippen LogP contribution >= 0.6 is 0 Å². The normalized spacial score (nSPS) is 28.3. The number of amides is 1. The third-order valence-corrected chi connectivity index (χ3v) is 8.88. The molecule has 0 bridgehead atoms. The number of carbonyl (C=O) groups is 1. The van der Waals surface area contributed by atoms with Gasteiger partial charge >= 0.3 is 6.09 Å². The fourth-order valence-corrected chi connectivity index (χ4v) is 6.88. The van der Waals surface area contributed by atoms with Crippen molar-refractivity contribution < 1.29 is 27.1 Å². The van der Waals surface area contributed by atoms with Crippen molar-refractivity contribution in [1.82, 2.24) is 19.6 Å². The molecule has 1 aliphatic carbocycles. The van der Waals surface area contributed by atoms with Crippen LogP contribution in [-0.4, -0.2) is 67.3 Å². The second-order valence-electron chi connectivity index (χ2n) is 10.3. The van der Waals surface area contributed by atoms with Crippen LogP contribution in [0.3, 0.4) is 0 Å². The van der Waals surface area contributed by atoms with Crippen molar-refractivity contribution >= 4 is 16.1 Å². The van der Waals surface area contributed by atoms with E-state index in [2.05, 4.69) is 21.6 Å². The first-order valence-corrected chi connectivity index (χ1v) is 14.3.